The van der Waals surface area contributed by atoms with E-state index in [0.29, 0.717) is 22.0 Å². The molecule has 0 aliphatic rings. The highest BCUT2D eigenvalue weighted by Gasteiger charge is 2.12. The number of hydrogen-bond acceptors (Lipinski definition) is 4. The summed E-state index contributed by atoms with van der Waals surface area (Å²) < 4.78 is 6.60. The van der Waals surface area contributed by atoms with Crippen LogP contribution in [0.4, 0.5) is 10.5 Å². The van der Waals surface area contributed by atoms with E-state index in [1.165, 1.54) is 12.1 Å². The van der Waals surface area contributed by atoms with Gasteiger partial charge in [0, 0.05) is 5.56 Å². The Labute approximate surface area is 150 Å². The molecule has 0 radical (unpaired) electrons. The fourth-order valence-electron chi connectivity index (χ4n) is 1.84. The second-order valence-corrected chi connectivity index (χ2v) is 5.54. The van der Waals surface area contributed by atoms with Crippen molar-refractivity contribution in [3.8, 4) is 5.75 Å². The molecule has 126 valence electrons. The minimum atomic E-state index is -0.534. The monoisotopic (exact) mass is 365 g/mol. The van der Waals surface area contributed by atoms with Crippen molar-refractivity contribution in [2.45, 2.75) is 0 Å². The van der Waals surface area contributed by atoms with Crippen molar-refractivity contribution >= 4 is 42.0 Å². The van der Waals surface area contributed by atoms with E-state index in [4.69, 9.17) is 22.1 Å². The van der Waals surface area contributed by atoms with Gasteiger partial charge in [-0.2, -0.15) is 0 Å². The fourth-order valence-corrected chi connectivity index (χ4v) is 2.23. The standard InChI is InChI=1S/C16H16ClN3O3S/c17-13-3-1-2-4-14(13)23-10-9-19-16(22)20(24)12-7-5-11(6-8-12)15(18)21/h1-8,24H,9-10H2,(H2,18,21)(H,19,22). The number of nitrogens with zero attached hydrogens (tertiary/aromatic N) is 1. The molecule has 2 aromatic rings. The van der Waals surface area contributed by atoms with Gasteiger partial charge in [-0.25, -0.2) is 9.10 Å². The first-order chi connectivity index (χ1) is 11.5. The molecule has 8 heteroatoms. The summed E-state index contributed by atoms with van der Waals surface area (Å²) in [6.07, 6.45) is 0. The van der Waals surface area contributed by atoms with E-state index in [1.54, 1.807) is 30.3 Å². The maximum Gasteiger partial charge on any atom is 0.332 e. The summed E-state index contributed by atoms with van der Waals surface area (Å²) in [5, 5.41) is 3.17. The molecule has 6 nitrogen and oxygen atoms in total. The molecule has 0 unspecified atom stereocenters. The molecule has 0 bridgehead atoms. The molecule has 3 amide bonds. The van der Waals surface area contributed by atoms with Crippen molar-refractivity contribution in [2.75, 3.05) is 17.5 Å². The van der Waals surface area contributed by atoms with Crippen LogP contribution in [0.25, 0.3) is 0 Å². The van der Waals surface area contributed by atoms with Gasteiger partial charge < -0.3 is 15.8 Å². The lowest BCUT2D eigenvalue weighted by Gasteiger charge is -2.17. The lowest BCUT2D eigenvalue weighted by molar-refractivity contribution is 0.100. The van der Waals surface area contributed by atoms with E-state index in [0.717, 1.165) is 4.31 Å². The van der Waals surface area contributed by atoms with Gasteiger partial charge in [-0.15, -0.1) is 0 Å². The highest BCUT2D eigenvalue weighted by Crippen LogP contribution is 2.22. The molecule has 0 aromatic heterocycles. The van der Waals surface area contributed by atoms with E-state index in [1.807, 2.05) is 6.07 Å². The number of para-hydroxylation sites is 1. The number of halogens is 1. The number of urea groups is 1. The van der Waals surface area contributed by atoms with Crippen LogP contribution in [-0.4, -0.2) is 25.1 Å². The number of benzene rings is 2. The molecular formula is C16H16ClN3O3S. The third-order valence-electron chi connectivity index (χ3n) is 3.06. The highest BCUT2D eigenvalue weighted by molar-refractivity contribution is 7.82. The number of carbonyl (C=O) groups excluding carboxylic acids is 2. The van der Waals surface area contributed by atoms with Gasteiger partial charge in [0.2, 0.25) is 5.91 Å². The number of primary amides is 1. The van der Waals surface area contributed by atoms with Crippen molar-refractivity contribution in [3.63, 3.8) is 0 Å². The molecule has 24 heavy (non-hydrogen) atoms. The molecule has 0 aliphatic heterocycles. The number of rotatable bonds is 6. The van der Waals surface area contributed by atoms with Crippen LogP contribution in [0.2, 0.25) is 5.02 Å². The first-order valence-electron chi connectivity index (χ1n) is 7.03. The zero-order chi connectivity index (χ0) is 17.5. The van der Waals surface area contributed by atoms with Crippen LogP contribution in [0.5, 0.6) is 5.75 Å². The average Bonchev–Trinajstić information content (AvgIpc) is 2.59. The number of amides is 3. The number of nitrogens with one attached hydrogen (secondary N) is 1. The predicted molar refractivity (Wildman–Crippen MR) is 96.8 cm³/mol. The third kappa shape index (κ3) is 4.81. The Morgan fingerprint density at radius 3 is 2.46 bits per heavy atom. The molecule has 3 N–H and O–H groups in total. The molecule has 0 atom stereocenters. The number of hydrogen-bond donors (Lipinski definition) is 3. The summed E-state index contributed by atoms with van der Waals surface area (Å²) in [6, 6.07) is 12.9. The van der Waals surface area contributed by atoms with Crippen LogP contribution in [0.1, 0.15) is 10.4 Å². The van der Waals surface area contributed by atoms with E-state index in [9.17, 15) is 9.59 Å². The van der Waals surface area contributed by atoms with Gasteiger partial charge in [0.25, 0.3) is 0 Å². The normalized spacial score (nSPS) is 10.1. The number of nitrogens with two attached hydrogens (primary N) is 1. The topological polar surface area (TPSA) is 84.7 Å². The first kappa shape index (κ1) is 18.0. The zero-order valence-electron chi connectivity index (χ0n) is 12.6. The van der Waals surface area contributed by atoms with Gasteiger partial charge in [0.1, 0.15) is 12.4 Å². The van der Waals surface area contributed by atoms with E-state index in [2.05, 4.69) is 18.1 Å². The number of carbonyl (C=O) groups is 2. The third-order valence-corrected chi connectivity index (χ3v) is 3.79. The Kier molecular flexibility index (Phi) is 6.34. The van der Waals surface area contributed by atoms with Gasteiger partial charge in [0.05, 0.1) is 17.3 Å². The Bertz CT molecular complexity index is 725. The second kappa shape index (κ2) is 8.47. The summed E-state index contributed by atoms with van der Waals surface area (Å²) in [5.41, 5.74) is 6.03. The minimum Gasteiger partial charge on any atom is -0.490 e. The smallest absolute Gasteiger partial charge is 0.332 e. The van der Waals surface area contributed by atoms with Gasteiger partial charge in [-0.3, -0.25) is 4.79 Å². The zero-order valence-corrected chi connectivity index (χ0v) is 14.3. The maximum atomic E-state index is 12.0. The van der Waals surface area contributed by atoms with Crippen molar-refractivity contribution < 1.29 is 14.3 Å². The average molecular weight is 366 g/mol. The number of anilines is 1. The van der Waals surface area contributed by atoms with E-state index >= 15 is 0 Å². The van der Waals surface area contributed by atoms with Gasteiger partial charge in [-0.1, -0.05) is 36.5 Å². The first-order valence-corrected chi connectivity index (χ1v) is 7.81. The second-order valence-electron chi connectivity index (χ2n) is 4.73. The quantitative estimate of drug-likeness (QED) is 0.543. The van der Waals surface area contributed by atoms with Crippen LogP contribution < -0.4 is 20.1 Å². The van der Waals surface area contributed by atoms with E-state index < -0.39 is 11.9 Å². The molecular weight excluding hydrogens is 350 g/mol. The summed E-state index contributed by atoms with van der Waals surface area (Å²) >= 11 is 10.1. The number of ether oxygens (including phenoxy) is 1. The largest absolute Gasteiger partial charge is 0.490 e. The lowest BCUT2D eigenvalue weighted by atomic mass is 10.2. The van der Waals surface area contributed by atoms with E-state index in [-0.39, 0.29) is 13.2 Å². The van der Waals surface area contributed by atoms with Crippen LogP contribution in [0.3, 0.4) is 0 Å². The molecule has 0 spiro atoms. The van der Waals surface area contributed by atoms with Gasteiger partial charge >= 0.3 is 6.03 Å². The van der Waals surface area contributed by atoms with Crippen molar-refractivity contribution in [3.05, 3.63) is 59.1 Å². The van der Waals surface area contributed by atoms with Gasteiger partial charge in [-0.05, 0) is 36.4 Å². The predicted octanol–water partition coefficient (Wildman–Crippen LogP) is 2.88. The Balaban J connectivity index is 1.81. The molecule has 2 rings (SSSR count). The van der Waals surface area contributed by atoms with Crippen molar-refractivity contribution in [2.24, 2.45) is 5.73 Å². The molecule has 0 aliphatic carbocycles. The van der Waals surface area contributed by atoms with Gasteiger partial charge in [0.15, 0.2) is 0 Å². The Morgan fingerprint density at radius 1 is 1.17 bits per heavy atom. The fraction of sp³-hybridized carbons (Fsp3) is 0.125. The SMILES string of the molecule is NC(=O)c1ccc(N(S)C(=O)NCCOc2ccccc2Cl)cc1. The van der Waals surface area contributed by atoms with Crippen molar-refractivity contribution in [1.82, 2.24) is 5.32 Å². The summed E-state index contributed by atoms with van der Waals surface area (Å²) in [6.45, 7) is 0.540. The van der Waals surface area contributed by atoms with Crippen LogP contribution in [0.15, 0.2) is 48.5 Å². The Morgan fingerprint density at radius 2 is 1.83 bits per heavy atom. The summed E-state index contributed by atoms with van der Waals surface area (Å²) in [7, 11) is 0. The minimum absolute atomic E-state index is 0.262. The highest BCUT2D eigenvalue weighted by atomic mass is 35.5. The molecule has 0 saturated heterocycles. The molecule has 2 aromatic carbocycles. The molecule has 0 heterocycles. The van der Waals surface area contributed by atoms with Crippen LogP contribution in [-0.2, 0) is 0 Å². The maximum absolute atomic E-state index is 12.0. The number of thiol groups is 1. The summed E-state index contributed by atoms with van der Waals surface area (Å²) in [4.78, 5) is 23.0. The van der Waals surface area contributed by atoms with Crippen LogP contribution in [0, 0.1) is 0 Å². The Hall–Kier alpha value is -2.38. The molecule has 0 fully saturated rings. The lowest BCUT2D eigenvalue weighted by Crippen LogP contribution is -2.36. The summed E-state index contributed by atoms with van der Waals surface area (Å²) in [5.74, 6) is 0.0200. The van der Waals surface area contributed by atoms with Crippen molar-refractivity contribution in [1.29, 1.82) is 0 Å². The van der Waals surface area contributed by atoms with Crippen LogP contribution >= 0.6 is 24.4 Å². The molecule has 0 saturated carbocycles.